The van der Waals surface area contributed by atoms with Crippen LogP contribution < -0.4 is 0 Å². The maximum absolute atomic E-state index is 12.0. The monoisotopic (exact) mass is 242 g/mol. The summed E-state index contributed by atoms with van der Waals surface area (Å²) >= 11 is 6.28. The number of hydrogen-bond acceptors (Lipinski definition) is 2. The first-order valence-electron chi connectivity index (χ1n) is 6.46. The van der Waals surface area contributed by atoms with E-state index in [1.165, 1.54) is 0 Å². The Morgan fingerprint density at radius 2 is 2.00 bits per heavy atom. The molecule has 0 radical (unpaired) electrons. The van der Waals surface area contributed by atoms with Gasteiger partial charge in [0.25, 0.3) is 0 Å². The van der Waals surface area contributed by atoms with E-state index in [4.69, 9.17) is 11.6 Å². The number of carbonyl (C=O) groups excluding carboxylic acids is 1. The molecule has 3 heteroatoms. The lowest BCUT2D eigenvalue weighted by Gasteiger charge is -2.37. The van der Waals surface area contributed by atoms with Crippen LogP contribution in [0.2, 0.25) is 0 Å². The fraction of sp³-hybridized carbons (Fsp3) is 0.923. The third kappa shape index (κ3) is 1.32. The minimum absolute atomic E-state index is 0.133. The molecule has 0 amide bonds. The molecule has 2 nitrogen and oxygen atoms in total. The molecule has 0 aromatic rings. The lowest BCUT2D eigenvalue weighted by Crippen LogP contribution is -2.41. The van der Waals surface area contributed by atoms with Gasteiger partial charge in [-0.1, -0.05) is 0 Å². The molecule has 7 atom stereocenters. The Kier molecular flexibility index (Phi) is 2.56. The smallest absolute Gasteiger partial charge is 0.136 e. The van der Waals surface area contributed by atoms with Gasteiger partial charge in [0.1, 0.15) is 5.78 Å². The zero-order valence-electron chi connectivity index (χ0n) is 9.60. The van der Waals surface area contributed by atoms with Crippen molar-refractivity contribution < 1.29 is 9.90 Å². The molecule has 0 heterocycles. The van der Waals surface area contributed by atoms with E-state index in [1.807, 2.05) is 6.92 Å². The van der Waals surface area contributed by atoms with Crippen molar-refractivity contribution in [2.75, 3.05) is 0 Å². The van der Waals surface area contributed by atoms with E-state index in [0.717, 1.165) is 12.8 Å². The van der Waals surface area contributed by atoms with Gasteiger partial charge in [0.05, 0.1) is 6.10 Å². The second-order valence-electron chi connectivity index (χ2n) is 5.84. The molecule has 16 heavy (non-hydrogen) atoms. The summed E-state index contributed by atoms with van der Waals surface area (Å²) in [5.41, 5.74) is 0. The molecule has 0 aromatic carbocycles. The maximum atomic E-state index is 12.0. The number of hydrogen-bond donors (Lipinski definition) is 1. The molecule has 0 saturated heterocycles. The molecular formula is C13H19ClO2. The van der Waals surface area contributed by atoms with Crippen LogP contribution in [0.15, 0.2) is 0 Å². The van der Waals surface area contributed by atoms with Crippen molar-refractivity contribution in [3.05, 3.63) is 0 Å². The average molecular weight is 243 g/mol. The lowest BCUT2D eigenvalue weighted by atomic mass is 9.69. The fourth-order valence-corrected chi connectivity index (χ4v) is 5.19. The molecular weight excluding hydrogens is 224 g/mol. The van der Waals surface area contributed by atoms with Crippen molar-refractivity contribution in [3.8, 4) is 0 Å². The highest BCUT2D eigenvalue weighted by Gasteiger charge is 2.60. The van der Waals surface area contributed by atoms with Gasteiger partial charge in [-0.05, 0) is 49.9 Å². The molecule has 1 N–H and O–H groups in total. The molecule has 3 rings (SSSR count). The first kappa shape index (κ1) is 11.0. The third-order valence-corrected chi connectivity index (χ3v) is 5.52. The number of fused-ring (bicyclic) bond motifs is 5. The largest absolute Gasteiger partial charge is 0.393 e. The Morgan fingerprint density at radius 1 is 1.31 bits per heavy atom. The Labute approximate surface area is 101 Å². The maximum Gasteiger partial charge on any atom is 0.136 e. The van der Waals surface area contributed by atoms with Crippen LogP contribution in [0.4, 0.5) is 0 Å². The van der Waals surface area contributed by atoms with Gasteiger partial charge in [-0.15, -0.1) is 11.6 Å². The first-order chi connectivity index (χ1) is 7.61. The summed E-state index contributed by atoms with van der Waals surface area (Å²) in [6, 6.07) is 0. The minimum atomic E-state index is -0.254. The molecule has 3 aliphatic carbocycles. The van der Waals surface area contributed by atoms with E-state index in [-0.39, 0.29) is 23.3 Å². The highest BCUT2D eigenvalue weighted by Crippen LogP contribution is 2.61. The van der Waals surface area contributed by atoms with Crippen molar-refractivity contribution in [2.45, 2.75) is 44.1 Å². The summed E-state index contributed by atoms with van der Waals surface area (Å²) < 4.78 is 0. The van der Waals surface area contributed by atoms with Crippen LogP contribution in [-0.2, 0) is 4.79 Å². The van der Waals surface area contributed by atoms with Crippen molar-refractivity contribution in [3.63, 3.8) is 0 Å². The zero-order valence-corrected chi connectivity index (χ0v) is 10.4. The van der Waals surface area contributed by atoms with Gasteiger partial charge in [-0.2, -0.15) is 0 Å². The van der Waals surface area contributed by atoms with Gasteiger partial charge in [0.2, 0.25) is 0 Å². The third-order valence-electron chi connectivity index (χ3n) is 5.23. The number of ketones is 1. The number of rotatable bonds is 1. The molecule has 1 unspecified atom stereocenters. The number of aliphatic hydroxyl groups excluding tert-OH is 1. The molecule has 0 aliphatic heterocycles. The average Bonchev–Trinajstić information content (AvgIpc) is 2.79. The van der Waals surface area contributed by atoms with Crippen LogP contribution in [0.25, 0.3) is 0 Å². The predicted octanol–water partition coefficient (Wildman–Crippen LogP) is 2.23. The molecule has 0 spiro atoms. The summed E-state index contributed by atoms with van der Waals surface area (Å²) in [5.74, 6) is 2.18. The number of halogens is 1. The fourth-order valence-electron chi connectivity index (χ4n) is 4.82. The van der Waals surface area contributed by atoms with Crippen LogP contribution in [0.5, 0.6) is 0 Å². The van der Waals surface area contributed by atoms with E-state index in [0.29, 0.717) is 36.4 Å². The Balaban J connectivity index is 1.94. The van der Waals surface area contributed by atoms with Crippen molar-refractivity contribution in [1.82, 2.24) is 0 Å². The summed E-state index contributed by atoms with van der Waals surface area (Å²) in [6.07, 6.45) is 3.31. The molecule has 0 aromatic heterocycles. The highest BCUT2D eigenvalue weighted by molar-refractivity contribution is 6.20. The summed E-state index contributed by atoms with van der Waals surface area (Å²) in [4.78, 5) is 12.0. The Hall–Kier alpha value is -0.0800. The van der Waals surface area contributed by atoms with Crippen LogP contribution in [-0.4, -0.2) is 22.4 Å². The minimum Gasteiger partial charge on any atom is -0.393 e. The topological polar surface area (TPSA) is 37.3 Å². The number of Topliss-reactive ketones (excluding diaryl/α,β-unsaturated/α-hetero) is 1. The normalized spacial score (nSPS) is 52.8. The van der Waals surface area contributed by atoms with Crippen LogP contribution in [0.1, 0.15) is 32.6 Å². The number of carbonyl (C=O) groups is 1. The predicted molar refractivity (Wildman–Crippen MR) is 62.2 cm³/mol. The van der Waals surface area contributed by atoms with Crippen molar-refractivity contribution in [2.24, 2.45) is 29.6 Å². The molecule has 3 saturated carbocycles. The Bertz CT molecular complexity index is 315. The number of alkyl halides is 1. The zero-order chi connectivity index (χ0) is 11.4. The van der Waals surface area contributed by atoms with Crippen molar-refractivity contribution >= 4 is 17.4 Å². The van der Waals surface area contributed by atoms with Crippen LogP contribution in [0.3, 0.4) is 0 Å². The lowest BCUT2D eigenvalue weighted by molar-refractivity contribution is -0.133. The quantitative estimate of drug-likeness (QED) is 0.716. The number of aliphatic hydroxyl groups is 1. The van der Waals surface area contributed by atoms with E-state index in [1.54, 1.807) is 0 Å². The Morgan fingerprint density at radius 3 is 2.62 bits per heavy atom. The standard InChI is InChI=1S/C13H19ClO2/c1-6(14)11-7-2-3-8(11)13-10(16)5-4-9(15)12(7)13/h6-9,11-13,15H,2-5H2,1H3/t6?,7-,8+,9+,11-,12-,13-/m1/s1. The first-order valence-corrected chi connectivity index (χ1v) is 6.89. The van der Waals surface area contributed by atoms with Crippen LogP contribution >= 0.6 is 11.6 Å². The highest BCUT2D eigenvalue weighted by atomic mass is 35.5. The van der Waals surface area contributed by atoms with E-state index in [2.05, 4.69) is 0 Å². The summed E-state index contributed by atoms with van der Waals surface area (Å²) in [5, 5.41) is 10.3. The van der Waals surface area contributed by atoms with Gasteiger partial charge in [0, 0.05) is 17.7 Å². The van der Waals surface area contributed by atoms with E-state index < -0.39 is 0 Å². The summed E-state index contributed by atoms with van der Waals surface area (Å²) in [6.45, 7) is 2.05. The summed E-state index contributed by atoms with van der Waals surface area (Å²) in [7, 11) is 0. The molecule has 2 bridgehead atoms. The van der Waals surface area contributed by atoms with Crippen molar-refractivity contribution in [1.29, 1.82) is 0 Å². The second-order valence-corrected chi connectivity index (χ2v) is 6.52. The van der Waals surface area contributed by atoms with E-state index >= 15 is 0 Å². The van der Waals surface area contributed by atoms with Gasteiger partial charge in [0.15, 0.2) is 0 Å². The van der Waals surface area contributed by atoms with Gasteiger partial charge >= 0.3 is 0 Å². The van der Waals surface area contributed by atoms with Crippen LogP contribution in [0, 0.1) is 29.6 Å². The van der Waals surface area contributed by atoms with Gasteiger partial charge in [-0.25, -0.2) is 0 Å². The van der Waals surface area contributed by atoms with Gasteiger partial charge in [-0.3, -0.25) is 4.79 Å². The molecule has 3 aliphatic rings. The van der Waals surface area contributed by atoms with Gasteiger partial charge < -0.3 is 5.11 Å². The van der Waals surface area contributed by atoms with E-state index in [9.17, 15) is 9.90 Å². The molecule has 3 fully saturated rings. The second kappa shape index (κ2) is 3.71. The molecule has 90 valence electrons. The SMILES string of the molecule is CC(Cl)[C@H]1[C@@H]2CC[C@H]1[C@H]1[C@H]2C(=O)CC[C@@H]1O.